The number of carbonyl (C=O) groups is 1. The SMILES string of the molecule is COc1ccc(CNc2ncc(C3CCCCC3)c3c2C(=O)OCC3)cc1. The number of nitrogens with one attached hydrogen (secondary N) is 1. The maximum atomic E-state index is 12.5. The summed E-state index contributed by atoms with van der Waals surface area (Å²) in [6.07, 6.45) is 9.01. The van der Waals surface area contributed by atoms with Crippen molar-refractivity contribution in [2.45, 2.75) is 51.0 Å². The van der Waals surface area contributed by atoms with Gasteiger partial charge in [0, 0.05) is 19.2 Å². The number of esters is 1. The number of carbonyl (C=O) groups excluding carboxylic acids is 1. The standard InChI is InChI=1S/C22H26N2O3/c1-26-17-9-7-15(8-10-17)13-23-21-20-18(11-12-27-22(20)25)19(14-24-21)16-5-3-2-4-6-16/h7-10,14,16H,2-6,11-13H2,1H3,(H,23,24). The molecule has 5 nitrogen and oxygen atoms in total. The number of anilines is 1. The van der Waals surface area contributed by atoms with Gasteiger partial charge in [0.1, 0.15) is 17.1 Å². The van der Waals surface area contributed by atoms with E-state index in [4.69, 9.17) is 9.47 Å². The van der Waals surface area contributed by atoms with Crippen molar-refractivity contribution >= 4 is 11.8 Å². The van der Waals surface area contributed by atoms with Gasteiger partial charge in [-0.25, -0.2) is 9.78 Å². The van der Waals surface area contributed by atoms with Crippen LogP contribution in [0.3, 0.4) is 0 Å². The number of ether oxygens (including phenoxy) is 2. The van der Waals surface area contributed by atoms with Gasteiger partial charge < -0.3 is 14.8 Å². The lowest BCUT2D eigenvalue weighted by atomic mass is 9.81. The van der Waals surface area contributed by atoms with E-state index in [0.29, 0.717) is 30.5 Å². The predicted molar refractivity (Wildman–Crippen MR) is 104 cm³/mol. The Labute approximate surface area is 160 Å². The zero-order valence-corrected chi connectivity index (χ0v) is 15.8. The van der Waals surface area contributed by atoms with E-state index in [1.54, 1.807) is 7.11 Å². The summed E-state index contributed by atoms with van der Waals surface area (Å²) in [5.41, 5.74) is 4.14. The van der Waals surface area contributed by atoms with Crippen LogP contribution in [0.15, 0.2) is 30.5 Å². The first kappa shape index (κ1) is 17.8. The molecular weight excluding hydrogens is 340 g/mol. The van der Waals surface area contributed by atoms with Crippen molar-refractivity contribution in [2.24, 2.45) is 0 Å². The molecule has 0 unspecified atom stereocenters. The van der Waals surface area contributed by atoms with Crippen LogP contribution < -0.4 is 10.1 Å². The van der Waals surface area contributed by atoms with Crippen LogP contribution in [0.25, 0.3) is 0 Å². The lowest BCUT2D eigenvalue weighted by Crippen LogP contribution is -2.23. The maximum Gasteiger partial charge on any atom is 0.342 e. The second kappa shape index (κ2) is 7.99. The molecule has 2 heterocycles. The van der Waals surface area contributed by atoms with Gasteiger partial charge in [0.25, 0.3) is 0 Å². The first-order chi connectivity index (χ1) is 13.3. The summed E-state index contributed by atoms with van der Waals surface area (Å²) >= 11 is 0. The molecule has 2 aromatic rings. The van der Waals surface area contributed by atoms with Gasteiger partial charge >= 0.3 is 5.97 Å². The molecule has 1 saturated carbocycles. The van der Waals surface area contributed by atoms with Gasteiger partial charge in [0.05, 0.1) is 13.7 Å². The maximum absolute atomic E-state index is 12.5. The fraction of sp³-hybridized carbons (Fsp3) is 0.455. The highest BCUT2D eigenvalue weighted by Gasteiger charge is 2.29. The molecule has 1 aromatic heterocycles. The predicted octanol–water partition coefficient (Wildman–Crippen LogP) is 4.46. The average molecular weight is 366 g/mol. The third-order valence-corrected chi connectivity index (χ3v) is 5.67. The van der Waals surface area contributed by atoms with Gasteiger partial charge in [0.15, 0.2) is 0 Å². The van der Waals surface area contributed by atoms with Crippen molar-refractivity contribution in [1.29, 1.82) is 0 Å². The molecule has 0 atom stereocenters. The van der Waals surface area contributed by atoms with Crippen LogP contribution in [-0.4, -0.2) is 24.7 Å². The van der Waals surface area contributed by atoms with Crippen LogP contribution in [0.1, 0.15) is 65.1 Å². The number of cyclic esters (lactones) is 1. The summed E-state index contributed by atoms with van der Waals surface area (Å²) < 4.78 is 10.5. The van der Waals surface area contributed by atoms with E-state index in [0.717, 1.165) is 23.3 Å². The molecule has 1 fully saturated rings. The van der Waals surface area contributed by atoms with E-state index in [-0.39, 0.29) is 5.97 Å². The Morgan fingerprint density at radius 2 is 1.96 bits per heavy atom. The summed E-state index contributed by atoms with van der Waals surface area (Å²) in [4.78, 5) is 17.1. The van der Waals surface area contributed by atoms with Crippen molar-refractivity contribution in [1.82, 2.24) is 4.98 Å². The topological polar surface area (TPSA) is 60.5 Å². The van der Waals surface area contributed by atoms with E-state index in [2.05, 4.69) is 10.3 Å². The van der Waals surface area contributed by atoms with Gasteiger partial charge in [-0.15, -0.1) is 0 Å². The number of hydrogen-bond donors (Lipinski definition) is 1. The summed E-state index contributed by atoms with van der Waals surface area (Å²) in [6, 6.07) is 7.88. The second-order valence-electron chi connectivity index (χ2n) is 7.34. The van der Waals surface area contributed by atoms with Crippen molar-refractivity contribution in [2.75, 3.05) is 19.0 Å². The van der Waals surface area contributed by atoms with Crippen LogP contribution in [0, 0.1) is 0 Å². The Morgan fingerprint density at radius 3 is 2.70 bits per heavy atom. The largest absolute Gasteiger partial charge is 0.497 e. The van der Waals surface area contributed by atoms with Crippen LogP contribution in [-0.2, 0) is 17.7 Å². The highest BCUT2D eigenvalue weighted by atomic mass is 16.5. The molecule has 1 N–H and O–H groups in total. The molecule has 1 aliphatic heterocycles. The molecule has 5 heteroatoms. The average Bonchev–Trinajstić information content (AvgIpc) is 2.73. The molecule has 4 rings (SSSR count). The molecule has 0 radical (unpaired) electrons. The number of pyridine rings is 1. The number of aromatic nitrogens is 1. The van der Waals surface area contributed by atoms with Crippen LogP contribution >= 0.6 is 0 Å². The molecular formula is C22H26N2O3. The Morgan fingerprint density at radius 1 is 1.19 bits per heavy atom. The normalized spacial score (nSPS) is 17.1. The summed E-state index contributed by atoms with van der Waals surface area (Å²) in [6.45, 7) is 1.06. The first-order valence-electron chi connectivity index (χ1n) is 9.82. The minimum absolute atomic E-state index is 0.251. The van der Waals surface area contributed by atoms with Gasteiger partial charge in [-0.2, -0.15) is 0 Å². The van der Waals surface area contributed by atoms with Crippen molar-refractivity contribution in [3.05, 3.63) is 52.7 Å². The Bertz CT molecular complexity index is 811. The van der Waals surface area contributed by atoms with Gasteiger partial charge in [-0.3, -0.25) is 0 Å². The lowest BCUT2D eigenvalue weighted by Gasteiger charge is -2.28. The second-order valence-corrected chi connectivity index (χ2v) is 7.34. The molecule has 0 bridgehead atoms. The molecule has 0 amide bonds. The number of hydrogen-bond acceptors (Lipinski definition) is 5. The Kier molecular flexibility index (Phi) is 5.28. The molecule has 142 valence electrons. The highest BCUT2D eigenvalue weighted by Crippen LogP contribution is 2.38. The number of benzene rings is 1. The Hall–Kier alpha value is -2.56. The van der Waals surface area contributed by atoms with Crippen LogP contribution in [0.4, 0.5) is 5.82 Å². The minimum atomic E-state index is -0.251. The third-order valence-electron chi connectivity index (χ3n) is 5.67. The van der Waals surface area contributed by atoms with E-state index >= 15 is 0 Å². The summed E-state index contributed by atoms with van der Waals surface area (Å²) in [5, 5.41) is 3.33. The minimum Gasteiger partial charge on any atom is -0.497 e. The van der Waals surface area contributed by atoms with Gasteiger partial charge in [-0.05, 0) is 47.6 Å². The van der Waals surface area contributed by atoms with E-state index < -0.39 is 0 Å². The molecule has 0 spiro atoms. The molecule has 2 aliphatic rings. The van der Waals surface area contributed by atoms with E-state index in [9.17, 15) is 4.79 Å². The first-order valence-corrected chi connectivity index (χ1v) is 9.82. The summed E-state index contributed by atoms with van der Waals surface area (Å²) in [5.74, 6) is 1.74. The molecule has 1 aromatic carbocycles. The fourth-order valence-corrected chi connectivity index (χ4v) is 4.20. The highest BCUT2D eigenvalue weighted by molar-refractivity contribution is 5.97. The van der Waals surface area contributed by atoms with E-state index in [1.165, 1.54) is 37.7 Å². The van der Waals surface area contributed by atoms with Gasteiger partial charge in [-0.1, -0.05) is 31.4 Å². The summed E-state index contributed by atoms with van der Waals surface area (Å²) in [7, 11) is 1.66. The smallest absolute Gasteiger partial charge is 0.342 e. The van der Waals surface area contributed by atoms with Gasteiger partial charge in [0.2, 0.25) is 0 Å². The lowest BCUT2D eigenvalue weighted by molar-refractivity contribution is 0.0480. The van der Waals surface area contributed by atoms with Crippen LogP contribution in [0.2, 0.25) is 0 Å². The van der Waals surface area contributed by atoms with Crippen molar-refractivity contribution in [3.63, 3.8) is 0 Å². The number of nitrogens with zero attached hydrogens (tertiary/aromatic N) is 1. The zero-order valence-electron chi connectivity index (χ0n) is 15.8. The molecule has 1 aliphatic carbocycles. The molecule has 27 heavy (non-hydrogen) atoms. The number of rotatable bonds is 5. The van der Waals surface area contributed by atoms with E-state index in [1.807, 2.05) is 30.5 Å². The van der Waals surface area contributed by atoms with Crippen LogP contribution in [0.5, 0.6) is 5.75 Å². The monoisotopic (exact) mass is 366 g/mol. The quantitative estimate of drug-likeness (QED) is 0.792. The molecule has 0 saturated heterocycles. The van der Waals surface area contributed by atoms with Crippen molar-refractivity contribution in [3.8, 4) is 5.75 Å². The Balaban J connectivity index is 1.59. The zero-order chi connectivity index (χ0) is 18.6. The number of fused-ring (bicyclic) bond motifs is 1. The van der Waals surface area contributed by atoms with Crippen molar-refractivity contribution < 1.29 is 14.3 Å². The fourth-order valence-electron chi connectivity index (χ4n) is 4.20. The number of methoxy groups -OCH3 is 1. The third kappa shape index (κ3) is 3.77.